The van der Waals surface area contributed by atoms with E-state index < -0.39 is 17.3 Å². The second-order valence-corrected chi connectivity index (χ2v) is 7.47. The second kappa shape index (κ2) is 9.63. The highest BCUT2D eigenvalue weighted by atomic mass is 35.5. The van der Waals surface area contributed by atoms with Gasteiger partial charge in [0, 0.05) is 11.6 Å². The molecule has 2 aromatic carbocycles. The minimum atomic E-state index is -1.26. The fraction of sp³-hybridized carbons (Fsp3) is 0.136. The molecule has 0 radical (unpaired) electrons. The summed E-state index contributed by atoms with van der Waals surface area (Å²) in [5.74, 6) is -1.27. The van der Waals surface area contributed by atoms with Crippen LogP contribution in [0.3, 0.4) is 0 Å². The number of aromatic carboxylic acids is 1. The summed E-state index contributed by atoms with van der Waals surface area (Å²) in [6.45, 7) is 2.07. The van der Waals surface area contributed by atoms with E-state index in [4.69, 9.17) is 21.4 Å². The standard InChI is InChI=1S/C22H18ClN5O6/c1-2-27-21(31)25-20(28(22(27)32)12-13-3-5-14(23)6-4-13)24-15-7-9-16(10-8-15)33-18-11-17(19(29)30)34-26-18/h3-11H,2,12H2,1H3,(H,29,30)(H,24,25,31). The first-order valence-electron chi connectivity index (χ1n) is 10.0. The summed E-state index contributed by atoms with van der Waals surface area (Å²) in [5, 5.41) is 13.0. The second-order valence-electron chi connectivity index (χ2n) is 7.04. The molecule has 12 heteroatoms. The van der Waals surface area contributed by atoms with Crippen LogP contribution in [0.5, 0.6) is 11.6 Å². The van der Waals surface area contributed by atoms with Crippen LogP contribution in [0.2, 0.25) is 5.02 Å². The van der Waals surface area contributed by atoms with Crippen LogP contribution < -0.4 is 21.7 Å². The maximum absolute atomic E-state index is 13.0. The van der Waals surface area contributed by atoms with Gasteiger partial charge in [-0.15, -0.1) is 0 Å². The molecule has 2 heterocycles. The molecule has 4 aromatic rings. The summed E-state index contributed by atoms with van der Waals surface area (Å²) in [4.78, 5) is 43.3. The number of nitrogens with one attached hydrogen (secondary N) is 1. The Morgan fingerprint density at radius 3 is 2.47 bits per heavy atom. The molecule has 2 N–H and O–H groups in total. The van der Waals surface area contributed by atoms with Gasteiger partial charge in [-0.2, -0.15) is 0 Å². The van der Waals surface area contributed by atoms with Crippen LogP contribution in [0, 0.1) is 0 Å². The van der Waals surface area contributed by atoms with E-state index in [0.29, 0.717) is 16.5 Å². The van der Waals surface area contributed by atoms with Crippen LogP contribution in [-0.4, -0.2) is 30.4 Å². The molecule has 0 amide bonds. The van der Waals surface area contributed by atoms with Gasteiger partial charge >= 0.3 is 17.3 Å². The van der Waals surface area contributed by atoms with Gasteiger partial charge in [-0.1, -0.05) is 23.7 Å². The largest absolute Gasteiger partial charge is 0.475 e. The van der Waals surface area contributed by atoms with Gasteiger partial charge in [0.05, 0.1) is 18.3 Å². The van der Waals surface area contributed by atoms with E-state index in [0.717, 1.165) is 16.2 Å². The third-order valence-electron chi connectivity index (χ3n) is 4.74. The number of carbonyl (C=O) groups is 1. The van der Waals surface area contributed by atoms with E-state index in [1.165, 1.54) is 4.57 Å². The molecule has 4 rings (SSSR count). The fourth-order valence-electron chi connectivity index (χ4n) is 3.08. The average Bonchev–Trinajstić information content (AvgIpc) is 3.28. The number of aromatic nitrogens is 4. The summed E-state index contributed by atoms with van der Waals surface area (Å²) in [6, 6.07) is 14.5. The van der Waals surface area contributed by atoms with E-state index >= 15 is 0 Å². The van der Waals surface area contributed by atoms with Crippen LogP contribution in [0.4, 0.5) is 5.69 Å². The number of hydrogen-bond acceptors (Lipinski definition) is 7. The third kappa shape index (κ3) is 4.99. The molecule has 0 aliphatic heterocycles. The van der Waals surface area contributed by atoms with Gasteiger partial charge in [-0.3, -0.25) is 9.55 Å². The number of nitrogens with zero attached hydrogens (tertiary/aromatic N) is 4. The quantitative estimate of drug-likeness (QED) is 0.411. The maximum atomic E-state index is 13.0. The van der Waals surface area contributed by atoms with Crippen molar-refractivity contribution in [3.05, 3.63) is 97.5 Å². The van der Waals surface area contributed by atoms with Crippen molar-refractivity contribution in [2.24, 2.45) is 4.99 Å². The molecule has 0 aliphatic carbocycles. The molecule has 0 saturated carbocycles. The zero-order chi connectivity index (χ0) is 24.2. The monoisotopic (exact) mass is 483 g/mol. The summed E-state index contributed by atoms with van der Waals surface area (Å²) in [6.07, 6.45) is 0. The van der Waals surface area contributed by atoms with E-state index in [1.807, 2.05) is 0 Å². The van der Waals surface area contributed by atoms with Crippen molar-refractivity contribution < 1.29 is 19.2 Å². The van der Waals surface area contributed by atoms with Crippen molar-refractivity contribution >= 4 is 23.3 Å². The topological polar surface area (TPSA) is 145 Å². The molecular weight excluding hydrogens is 466 g/mol. The van der Waals surface area contributed by atoms with Crippen molar-refractivity contribution in [2.45, 2.75) is 20.0 Å². The van der Waals surface area contributed by atoms with Crippen LogP contribution in [0.15, 0.2) is 73.7 Å². The summed E-state index contributed by atoms with van der Waals surface area (Å²) < 4.78 is 12.5. The number of carboxylic acid groups (broad SMARTS) is 1. The van der Waals surface area contributed by atoms with Gasteiger partial charge in [0.2, 0.25) is 11.4 Å². The number of ether oxygens (including phenoxy) is 1. The number of carboxylic acids is 1. The van der Waals surface area contributed by atoms with E-state index in [-0.39, 0.29) is 30.3 Å². The minimum Gasteiger partial charge on any atom is -0.475 e. The highest BCUT2D eigenvalue weighted by molar-refractivity contribution is 6.30. The highest BCUT2D eigenvalue weighted by Gasteiger charge is 2.13. The number of H-pyrrole nitrogens is 1. The predicted molar refractivity (Wildman–Crippen MR) is 121 cm³/mol. The fourth-order valence-corrected chi connectivity index (χ4v) is 3.20. The van der Waals surface area contributed by atoms with Crippen LogP contribution in [0.25, 0.3) is 0 Å². The molecule has 0 unspecified atom stereocenters. The Morgan fingerprint density at radius 2 is 1.85 bits per heavy atom. The Balaban J connectivity index is 1.68. The molecule has 0 atom stereocenters. The minimum absolute atomic E-state index is 0.0181. The molecule has 34 heavy (non-hydrogen) atoms. The molecule has 0 aliphatic rings. The SMILES string of the molecule is CCn1c(=O)[nH]/c(=N\c2ccc(Oc3cc(C(=O)O)on3)cc2)n(Cc2ccc(Cl)cc2)c1=O. The van der Waals surface area contributed by atoms with Crippen molar-refractivity contribution in [1.82, 2.24) is 19.3 Å². The predicted octanol–water partition coefficient (Wildman–Crippen LogP) is 2.77. The molecule has 174 valence electrons. The highest BCUT2D eigenvalue weighted by Crippen LogP contribution is 2.23. The van der Waals surface area contributed by atoms with E-state index in [1.54, 1.807) is 55.5 Å². The summed E-state index contributed by atoms with van der Waals surface area (Å²) in [7, 11) is 0. The van der Waals surface area contributed by atoms with Crippen molar-refractivity contribution in [1.29, 1.82) is 0 Å². The van der Waals surface area contributed by atoms with Crippen molar-refractivity contribution in [3.63, 3.8) is 0 Å². The lowest BCUT2D eigenvalue weighted by molar-refractivity contribution is 0.0652. The normalized spacial score (nSPS) is 11.5. The van der Waals surface area contributed by atoms with Gasteiger partial charge in [0.1, 0.15) is 5.75 Å². The van der Waals surface area contributed by atoms with Gasteiger partial charge < -0.3 is 14.4 Å². The zero-order valence-electron chi connectivity index (χ0n) is 17.8. The van der Waals surface area contributed by atoms with Gasteiger partial charge in [-0.25, -0.2) is 23.9 Å². The van der Waals surface area contributed by atoms with Crippen molar-refractivity contribution in [3.8, 4) is 11.6 Å². The van der Waals surface area contributed by atoms with Crippen LogP contribution in [-0.2, 0) is 13.1 Å². The van der Waals surface area contributed by atoms with Crippen LogP contribution in [0.1, 0.15) is 23.0 Å². The average molecular weight is 484 g/mol. The Bertz CT molecular complexity index is 1510. The van der Waals surface area contributed by atoms with Gasteiger partial charge in [-0.05, 0) is 54.0 Å². The Hall–Kier alpha value is -4.38. The maximum Gasteiger partial charge on any atom is 0.374 e. The molecule has 0 fully saturated rings. The molecule has 11 nitrogen and oxygen atoms in total. The first kappa shape index (κ1) is 22.8. The smallest absolute Gasteiger partial charge is 0.374 e. The number of benzene rings is 2. The first-order valence-corrected chi connectivity index (χ1v) is 10.4. The lowest BCUT2D eigenvalue weighted by Gasteiger charge is -2.10. The molecule has 0 saturated heterocycles. The third-order valence-corrected chi connectivity index (χ3v) is 5.00. The number of halogens is 1. The Kier molecular flexibility index (Phi) is 6.46. The van der Waals surface area contributed by atoms with E-state index in [2.05, 4.69) is 19.7 Å². The number of rotatable bonds is 7. The van der Waals surface area contributed by atoms with Gasteiger partial charge in [0.15, 0.2) is 0 Å². The molecule has 0 bridgehead atoms. The summed E-state index contributed by atoms with van der Waals surface area (Å²) in [5.41, 5.74) is 0.243. The molecule has 2 aromatic heterocycles. The molecule has 0 spiro atoms. The number of hydrogen-bond donors (Lipinski definition) is 2. The summed E-state index contributed by atoms with van der Waals surface area (Å²) >= 11 is 5.95. The number of aromatic amines is 1. The van der Waals surface area contributed by atoms with E-state index in [9.17, 15) is 14.4 Å². The van der Waals surface area contributed by atoms with Crippen molar-refractivity contribution in [2.75, 3.05) is 0 Å². The Labute approximate surface area is 196 Å². The lowest BCUT2D eigenvalue weighted by Crippen LogP contribution is -2.49. The molecular formula is C22H18ClN5O6. The zero-order valence-corrected chi connectivity index (χ0v) is 18.5. The van der Waals surface area contributed by atoms with Crippen LogP contribution >= 0.6 is 11.6 Å². The van der Waals surface area contributed by atoms with Gasteiger partial charge in [0.25, 0.3) is 5.88 Å². The first-order chi connectivity index (χ1) is 16.3. The Morgan fingerprint density at radius 1 is 1.15 bits per heavy atom. The lowest BCUT2D eigenvalue weighted by atomic mass is 10.2.